The molecule has 0 unspecified atom stereocenters. The van der Waals surface area contributed by atoms with Crippen LogP contribution in [0.25, 0.3) is 0 Å². The molecule has 0 atom stereocenters. The largest absolute Gasteiger partial charge is 0.389 e. The lowest BCUT2D eigenvalue weighted by molar-refractivity contribution is 0.215. The number of likely N-dealkylation sites (tertiary alicyclic amines) is 1. The summed E-state index contributed by atoms with van der Waals surface area (Å²) in [5, 5.41) is 3.54. The molecule has 0 radical (unpaired) electrons. The van der Waals surface area contributed by atoms with Gasteiger partial charge >= 0.3 is 0 Å². The van der Waals surface area contributed by atoms with E-state index in [2.05, 4.69) is 30.3 Å². The van der Waals surface area contributed by atoms with Crippen molar-refractivity contribution >= 4 is 22.9 Å². The van der Waals surface area contributed by atoms with Gasteiger partial charge in [0.2, 0.25) is 0 Å². The average Bonchev–Trinajstić information content (AvgIpc) is 2.42. The zero-order valence-corrected chi connectivity index (χ0v) is 13.3. The highest BCUT2D eigenvalue weighted by Crippen LogP contribution is 2.23. The number of hydrogen-bond acceptors (Lipinski definition) is 3. The standard InChI is InChI=1S/C16H25N3S/c1-12-4-3-5-14(16(17)20)15(12)18-9-6-13-7-10-19(2)11-8-13/h3-5,13,18H,6-11H2,1-2H3,(H2,17,20). The molecule has 20 heavy (non-hydrogen) atoms. The lowest BCUT2D eigenvalue weighted by atomic mass is 9.94. The van der Waals surface area contributed by atoms with Crippen molar-refractivity contribution in [3.05, 3.63) is 29.3 Å². The summed E-state index contributed by atoms with van der Waals surface area (Å²) in [6.45, 7) is 5.55. The molecule has 3 nitrogen and oxygen atoms in total. The highest BCUT2D eigenvalue weighted by atomic mass is 32.1. The van der Waals surface area contributed by atoms with Gasteiger partial charge in [-0.15, -0.1) is 0 Å². The summed E-state index contributed by atoms with van der Waals surface area (Å²) in [6.07, 6.45) is 3.85. The molecule has 4 heteroatoms. The van der Waals surface area contributed by atoms with Gasteiger partial charge in [-0.05, 0) is 63.9 Å². The fourth-order valence-electron chi connectivity index (χ4n) is 2.86. The van der Waals surface area contributed by atoms with Crippen molar-refractivity contribution in [1.82, 2.24) is 4.90 Å². The second kappa shape index (κ2) is 7.04. The van der Waals surface area contributed by atoms with Crippen LogP contribution in [0.2, 0.25) is 0 Å². The van der Waals surface area contributed by atoms with Crippen LogP contribution in [0.15, 0.2) is 18.2 Å². The molecule has 1 aliphatic heterocycles. The van der Waals surface area contributed by atoms with E-state index < -0.39 is 0 Å². The fraction of sp³-hybridized carbons (Fsp3) is 0.562. The summed E-state index contributed by atoms with van der Waals surface area (Å²) >= 11 is 5.13. The second-order valence-corrected chi connectivity index (χ2v) is 6.26. The van der Waals surface area contributed by atoms with Gasteiger partial charge in [0.1, 0.15) is 4.99 Å². The third-order valence-electron chi connectivity index (χ3n) is 4.23. The van der Waals surface area contributed by atoms with Crippen LogP contribution in [0.3, 0.4) is 0 Å². The molecule has 0 aliphatic carbocycles. The Morgan fingerprint density at radius 3 is 2.75 bits per heavy atom. The van der Waals surface area contributed by atoms with Crippen molar-refractivity contribution in [2.24, 2.45) is 11.7 Å². The van der Waals surface area contributed by atoms with Gasteiger partial charge < -0.3 is 16.0 Å². The third-order valence-corrected chi connectivity index (χ3v) is 4.45. The van der Waals surface area contributed by atoms with Gasteiger partial charge in [0.05, 0.1) is 0 Å². The fourth-order valence-corrected chi connectivity index (χ4v) is 3.03. The lowest BCUT2D eigenvalue weighted by Gasteiger charge is -2.29. The van der Waals surface area contributed by atoms with Crippen LogP contribution in [0.4, 0.5) is 5.69 Å². The highest BCUT2D eigenvalue weighted by Gasteiger charge is 2.16. The monoisotopic (exact) mass is 291 g/mol. The molecule has 1 aliphatic rings. The molecule has 1 aromatic carbocycles. The zero-order valence-electron chi connectivity index (χ0n) is 12.5. The number of hydrogen-bond donors (Lipinski definition) is 2. The van der Waals surface area contributed by atoms with Crippen molar-refractivity contribution in [3.8, 4) is 0 Å². The predicted octanol–water partition coefficient (Wildman–Crippen LogP) is 2.77. The van der Waals surface area contributed by atoms with Crippen molar-refractivity contribution in [3.63, 3.8) is 0 Å². The number of rotatable bonds is 5. The van der Waals surface area contributed by atoms with Crippen molar-refractivity contribution in [1.29, 1.82) is 0 Å². The Bertz CT molecular complexity index is 465. The molecule has 2 rings (SSSR count). The first-order chi connectivity index (χ1) is 9.58. The number of nitrogens with zero attached hydrogens (tertiary/aromatic N) is 1. The summed E-state index contributed by atoms with van der Waals surface area (Å²) in [5.74, 6) is 0.844. The maximum absolute atomic E-state index is 5.80. The first-order valence-electron chi connectivity index (χ1n) is 7.39. The number of nitrogens with two attached hydrogens (primary N) is 1. The van der Waals surface area contributed by atoms with E-state index in [1.54, 1.807) is 0 Å². The minimum atomic E-state index is 0.468. The van der Waals surface area contributed by atoms with E-state index in [-0.39, 0.29) is 0 Å². The summed E-state index contributed by atoms with van der Waals surface area (Å²) in [6, 6.07) is 6.10. The van der Waals surface area contributed by atoms with Gasteiger partial charge in [-0.25, -0.2) is 0 Å². The first-order valence-corrected chi connectivity index (χ1v) is 7.80. The van der Waals surface area contributed by atoms with E-state index in [0.717, 1.165) is 23.7 Å². The molecule has 0 aromatic heterocycles. The van der Waals surface area contributed by atoms with E-state index in [1.807, 2.05) is 12.1 Å². The maximum atomic E-state index is 5.80. The Labute approximate surface area is 127 Å². The van der Waals surface area contributed by atoms with E-state index in [9.17, 15) is 0 Å². The summed E-state index contributed by atoms with van der Waals surface area (Å²) < 4.78 is 0. The smallest absolute Gasteiger partial charge is 0.106 e. The van der Waals surface area contributed by atoms with E-state index in [0.29, 0.717) is 4.99 Å². The van der Waals surface area contributed by atoms with Gasteiger partial charge in [-0.1, -0.05) is 24.4 Å². The molecule has 1 fully saturated rings. The SMILES string of the molecule is Cc1cccc(C(N)=S)c1NCCC1CCN(C)CC1. The Kier molecular flexibility index (Phi) is 5.38. The molecule has 1 saturated heterocycles. The molecule has 110 valence electrons. The van der Waals surface area contributed by atoms with Crippen LogP contribution in [-0.2, 0) is 0 Å². The van der Waals surface area contributed by atoms with Crippen LogP contribution in [0.5, 0.6) is 0 Å². The Morgan fingerprint density at radius 2 is 2.10 bits per heavy atom. The van der Waals surface area contributed by atoms with Crippen LogP contribution < -0.4 is 11.1 Å². The van der Waals surface area contributed by atoms with Crippen molar-refractivity contribution in [2.75, 3.05) is 32.0 Å². The first kappa shape index (κ1) is 15.3. The number of aryl methyl sites for hydroxylation is 1. The molecule has 3 N–H and O–H groups in total. The molecular formula is C16H25N3S. The average molecular weight is 291 g/mol. The van der Waals surface area contributed by atoms with E-state index >= 15 is 0 Å². The van der Waals surface area contributed by atoms with Crippen molar-refractivity contribution < 1.29 is 0 Å². The van der Waals surface area contributed by atoms with Gasteiger partial charge in [0.25, 0.3) is 0 Å². The number of thiocarbonyl (C=S) groups is 1. The predicted molar refractivity (Wildman–Crippen MR) is 90.4 cm³/mol. The number of benzene rings is 1. The number of piperidine rings is 1. The van der Waals surface area contributed by atoms with E-state index in [4.69, 9.17) is 18.0 Å². The second-order valence-electron chi connectivity index (χ2n) is 5.82. The molecule has 0 bridgehead atoms. The minimum Gasteiger partial charge on any atom is -0.389 e. The number of para-hydroxylation sites is 1. The Balaban J connectivity index is 1.89. The summed E-state index contributed by atoms with van der Waals surface area (Å²) in [5.41, 5.74) is 9.07. The van der Waals surface area contributed by atoms with Gasteiger partial charge in [-0.2, -0.15) is 0 Å². The highest BCUT2D eigenvalue weighted by molar-refractivity contribution is 7.80. The molecule has 0 amide bonds. The minimum absolute atomic E-state index is 0.468. The summed E-state index contributed by atoms with van der Waals surface area (Å²) in [4.78, 5) is 2.88. The van der Waals surface area contributed by atoms with Gasteiger partial charge in [0.15, 0.2) is 0 Å². The molecule has 0 saturated carbocycles. The quantitative estimate of drug-likeness (QED) is 0.819. The Hall–Kier alpha value is -1.13. The topological polar surface area (TPSA) is 41.3 Å². The normalized spacial score (nSPS) is 17.1. The van der Waals surface area contributed by atoms with Gasteiger partial charge in [-0.3, -0.25) is 0 Å². The van der Waals surface area contributed by atoms with Crippen LogP contribution >= 0.6 is 12.2 Å². The maximum Gasteiger partial charge on any atom is 0.106 e. The number of anilines is 1. The van der Waals surface area contributed by atoms with Crippen LogP contribution in [0, 0.1) is 12.8 Å². The molecule has 0 spiro atoms. The summed E-state index contributed by atoms with van der Waals surface area (Å²) in [7, 11) is 2.20. The van der Waals surface area contributed by atoms with Crippen molar-refractivity contribution in [2.45, 2.75) is 26.2 Å². The molecule has 1 heterocycles. The number of nitrogens with one attached hydrogen (secondary N) is 1. The van der Waals surface area contributed by atoms with Crippen LogP contribution in [0.1, 0.15) is 30.4 Å². The van der Waals surface area contributed by atoms with Gasteiger partial charge in [0, 0.05) is 17.8 Å². The van der Waals surface area contributed by atoms with Crippen LogP contribution in [-0.4, -0.2) is 36.6 Å². The lowest BCUT2D eigenvalue weighted by Crippen LogP contribution is -2.31. The molecule has 1 aromatic rings. The molecular weight excluding hydrogens is 266 g/mol. The Morgan fingerprint density at radius 1 is 1.40 bits per heavy atom. The zero-order chi connectivity index (χ0) is 14.5. The third kappa shape index (κ3) is 3.93. The van der Waals surface area contributed by atoms with E-state index in [1.165, 1.54) is 37.9 Å².